The van der Waals surface area contributed by atoms with Crippen LogP contribution in [-0.2, 0) is 0 Å². The van der Waals surface area contributed by atoms with Crippen molar-refractivity contribution in [3.8, 4) is 0 Å². The minimum atomic E-state index is -0.289. The molecule has 5 nitrogen and oxygen atoms in total. The van der Waals surface area contributed by atoms with Gasteiger partial charge in [0.05, 0.1) is 6.61 Å². The first-order valence-electron chi connectivity index (χ1n) is 7.69. The average Bonchev–Trinajstić information content (AvgIpc) is 2.42. The molecule has 1 saturated carbocycles. The van der Waals surface area contributed by atoms with Crippen LogP contribution in [-0.4, -0.2) is 34.8 Å². The summed E-state index contributed by atoms with van der Waals surface area (Å²) in [5.41, 5.74) is 5.30. The van der Waals surface area contributed by atoms with E-state index < -0.39 is 0 Å². The molecule has 0 aromatic heterocycles. The standard InChI is InChI=1S/C15H31N3O2/c1-12-6-4-8-15(10-12,11-19)17-9-5-7-14(2,3)13(16)18-20/h12,17,19-20H,4-11H2,1-3H3,(H2,16,18). The lowest BCUT2D eigenvalue weighted by molar-refractivity contribution is 0.0990. The van der Waals surface area contributed by atoms with Crippen LogP contribution in [0.25, 0.3) is 0 Å². The molecular weight excluding hydrogens is 254 g/mol. The van der Waals surface area contributed by atoms with Crippen LogP contribution in [0.2, 0.25) is 0 Å². The topological polar surface area (TPSA) is 90.9 Å². The van der Waals surface area contributed by atoms with Gasteiger partial charge in [0.1, 0.15) is 5.84 Å². The lowest BCUT2D eigenvalue weighted by Crippen LogP contribution is -2.51. The van der Waals surface area contributed by atoms with Crippen LogP contribution in [0.3, 0.4) is 0 Å². The Morgan fingerprint density at radius 2 is 2.20 bits per heavy atom. The van der Waals surface area contributed by atoms with E-state index in [0.29, 0.717) is 5.92 Å². The van der Waals surface area contributed by atoms with Gasteiger partial charge < -0.3 is 21.4 Å². The number of rotatable bonds is 7. The molecule has 0 radical (unpaired) electrons. The molecule has 1 rings (SSSR count). The maximum Gasteiger partial charge on any atom is 0.144 e. The van der Waals surface area contributed by atoms with E-state index >= 15 is 0 Å². The molecule has 0 amide bonds. The van der Waals surface area contributed by atoms with Gasteiger partial charge in [0.25, 0.3) is 0 Å². The van der Waals surface area contributed by atoms with Crippen molar-refractivity contribution in [2.24, 2.45) is 22.2 Å². The summed E-state index contributed by atoms with van der Waals surface area (Å²) in [4.78, 5) is 0. The second-order valence-corrected chi connectivity index (χ2v) is 7.04. The van der Waals surface area contributed by atoms with Gasteiger partial charge in [-0.15, -0.1) is 0 Å². The number of hydrogen-bond donors (Lipinski definition) is 4. The quantitative estimate of drug-likeness (QED) is 0.189. The maximum atomic E-state index is 9.71. The molecule has 1 fully saturated rings. The zero-order valence-electron chi connectivity index (χ0n) is 13.2. The highest BCUT2D eigenvalue weighted by Gasteiger charge is 2.33. The van der Waals surface area contributed by atoms with Crippen molar-refractivity contribution in [1.82, 2.24) is 5.32 Å². The summed E-state index contributed by atoms with van der Waals surface area (Å²) in [5.74, 6) is 0.956. The molecule has 5 heteroatoms. The number of hydrogen-bond acceptors (Lipinski definition) is 4. The number of aliphatic hydroxyl groups excluding tert-OH is 1. The molecule has 0 saturated heterocycles. The van der Waals surface area contributed by atoms with Crippen molar-refractivity contribution in [2.45, 2.75) is 64.8 Å². The summed E-state index contributed by atoms with van der Waals surface area (Å²) in [6.07, 6.45) is 6.35. The molecule has 118 valence electrons. The van der Waals surface area contributed by atoms with Crippen molar-refractivity contribution >= 4 is 5.84 Å². The highest BCUT2D eigenvalue weighted by molar-refractivity contribution is 5.85. The van der Waals surface area contributed by atoms with Crippen molar-refractivity contribution < 1.29 is 10.3 Å². The molecule has 1 aliphatic carbocycles. The molecule has 0 aromatic carbocycles. The highest BCUT2D eigenvalue weighted by atomic mass is 16.4. The van der Waals surface area contributed by atoms with Gasteiger partial charge in [-0.25, -0.2) is 0 Å². The first-order chi connectivity index (χ1) is 9.35. The Balaban J connectivity index is 2.39. The van der Waals surface area contributed by atoms with Gasteiger partial charge in [0.15, 0.2) is 0 Å². The number of amidine groups is 1. The Bertz CT molecular complexity index is 331. The van der Waals surface area contributed by atoms with Gasteiger partial charge in [-0.2, -0.15) is 0 Å². The van der Waals surface area contributed by atoms with Crippen LogP contribution in [0.15, 0.2) is 5.16 Å². The Morgan fingerprint density at radius 1 is 1.50 bits per heavy atom. The van der Waals surface area contributed by atoms with Crippen LogP contribution in [0.5, 0.6) is 0 Å². The van der Waals surface area contributed by atoms with Crippen LogP contribution in [0.4, 0.5) is 0 Å². The minimum absolute atomic E-state index is 0.0988. The molecule has 2 atom stereocenters. The van der Waals surface area contributed by atoms with Crippen molar-refractivity contribution in [3.05, 3.63) is 0 Å². The van der Waals surface area contributed by atoms with E-state index in [2.05, 4.69) is 17.4 Å². The van der Waals surface area contributed by atoms with E-state index in [1.165, 1.54) is 12.8 Å². The van der Waals surface area contributed by atoms with Crippen molar-refractivity contribution in [1.29, 1.82) is 0 Å². The molecule has 0 spiro atoms. The van der Waals surface area contributed by atoms with Gasteiger partial charge in [0, 0.05) is 11.0 Å². The summed E-state index contributed by atoms with van der Waals surface area (Å²) in [6.45, 7) is 7.28. The smallest absolute Gasteiger partial charge is 0.144 e. The molecular formula is C15H31N3O2. The molecule has 20 heavy (non-hydrogen) atoms. The van der Waals surface area contributed by atoms with Gasteiger partial charge in [-0.05, 0) is 38.1 Å². The molecule has 0 aliphatic heterocycles. The first kappa shape index (κ1) is 17.2. The predicted molar refractivity (Wildman–Crippen MR) is 81.9 cm³/mol. The number of oxime groups is 1. The van der Waals surface area contributed by atoms with Gasteiger partial charge in [-0.3, -0.25) is 0 Å². The van der Waals surface area contributed by atoms with Gasteiger partial charge in [-0.1, -0.05) is 38.8 Å². The third-order valence-corrected chi connectivity index (χ3v) is 4.67. The molecule has 0 bridgehead atoms. The van der Waals surface area contributed by atoms with Gasteiger partial charge in [0.2, 0.25) is 0 Å². The summed E-state index contributed by atoms with van der Waals surface area (Å²) >= 11 is 0. The molecule has 2 unspecified atom stereocenters. The third kappa shape index (κ3) is 4.63. The van der Waals surface area contributed by atoms with E-state index in [9.17, 15) is 5.11 Å². The van der Waals surface area contributed by atoms with Gasteiger partial charge >= 0.3 is 0 Å². The Hall–Kier alpha value is -0.810. The average molecular weight is 285 g/mol. The van der Waals surface area contributed by atoms with Crippen molar-refractivity contribution in [2.75, 3.05) is 13.2 Å². The van der Waals surface area contributed by atoms with E-state index in [-0.39, 0.29) is 23.4 Å². The van der Waals surface area contributed by atoms with E-state index in [1.54, 1.807) is 0 Å². The lowest BCUT2D eigenvalue weighted by Gasteiger charge is -2.40. The Labute approximate surface area is 122 Å². The fourth-order valence-corrected chi connectivity index (χ4v) is 3.17. The SMILES string of the molecule is CC1CCCC(CO)(NCCCC(C)(C)C(N)=NO)C1. The zero-order valence-corrected chi connectivity index (χ0v) is 13.2. The van der Waals surface area contributed by atoms with E-state index in [0.717, 1.165) is 32.2 Å². The van der Waals surface area contributed by atoms with Crippen LogP contribution < -0.4 is 11.1 Å². The second kappa shape index (κ2) is 7.27. The Kier molecular flexibility index (Phi) is 6.27. The molecule has 5 N–H and O–H groups in total. The van der Waals surface area contributed by atoms with E-state index in [1.807, 2.05) is 13.8 Å². The third-order valence-electron chi connectivity index (χ3n) is 4.67. The lowest BCUT2D eigenvalue weighted by atomic mass is 9.76. The highest BCUT2D eigenvalue weighted by Crippen LogP contribution is 2.32. The summed E-state index contributed by atoms with van der Waals surface area (Å²) < 4.78 is 0. The fourth-order valence-electron chi connectivity index (χ4n) is 3.17. The van der Waals surface area contributed by atoms with E-state index in [4.69, 9.17) is 10.9 Å². The number of nitrogens with two attached hydrogens (primary N) is 1. The first-order valence-corrected chi connectivity index (χ1v) is 7.69. The summed E-state index contributed by atoms with van der Waals surface area (Å²) in [7, 11) is 0. The summed E-state index contributed by atoms with van der Waals surface area (Å²) in [5, 5.41) is 25.1. The Morgan fingerprint density at radius 3 is 2.75 bits per heavy atom. The number of nitrogens with one attached hydrogen (secondary N) is 1. The number of aliphatic hydroxyl groups is 1. The maximum absolute atomic E-state index is 9.71. The normalized spacial score (nSPS) is 28.6. The largest absolute Gasteiger partial charge is 0.409 e. The summed E-state index contributed by atoms with van der Waals surface area (Å²) in [6, 6.07) is 0. The molecule has 0 heterocycles. The fraction of sp³-hybridized carbons (Fsp3) is 0.933. The monoisotopic (exact) mass is 285 g/mol. The number of nitrogens with zero attached hydrogens (tertiary/aromatic N) is 1. The van der Waals surface area contributed by atoms with Crippen molar-refractivity contribution in [3.63, 3.8) is 0 Å². The molecule has 1 aliphatic rings. The molecule has 0 aromatic rings. The van der Waals surface area contributed by atoms with Crippen LogP contribution in [0, 0.1) is 11.3 Å². The van der Waals surface area contributed by atoms with Crippen LogP contribution >= 0.6 is 0 Å². The second-order valence-electron chi connectivity index (χ2n) is 7.04. The van der Waals surface area contributed by atoms with Crippen LogP contribution in [0.1, 0.15) is 59.3 Å². The predicted octanol–water partition coefficient (Wildman–Crippen LogP) is 2.07. The zero-order chi connectivity index (χ0) is 15.2. The minimum Gasteiger partial charge on any atom is -0.409 e.